The zero-order valence-corrected chi connectivity index (χ0v) is 14.4. The Kier molecular flexibility index (Phi) is 4.79. The molecule has 1 amide bonds. The molecule has 0 atom stereocenters. The summed E-state index contributed by atoms with van der Waals surface area (Å²) in [4.78, 5) is 16.4. The number of nitrogens with zero attached hydrogens (tertiary/aromatic N) is 2. The van der Waals surface area contributed by atoms with E-state index in [9.17, 15) is 4.79 Å². The van der Waals surface area contributed by atoms with Gasteiger partial charge in [-0.2, -0.15) is 0 Å². The molecule has 3 aromatic rings. The summed E-state index contributed by atoms with van der Waals surface area (Å²) in [5.74, 6) is 1.03. The van der Waals surface area contributed by atoms with Gasteiger partial charge in [-0.3, -0.25) is 9.78 Å². The van der Waals surface area contributed by atoms with Crippen LogP contribution in [-0.2, 0) is 6.61 Å². The molecule has 0 aliphatic carbocycles. The predicted molar refractivity (Wildman–Crippen MR) is 93.7 cm³/mol. The Morgan fingerprint density at radius 1 is 1.12 bits per heavy atom. The average Bonchev–Trinajstić information content (AvgIpc) is 2.96. The Morgan fingerprint density at radius 2 is 1.80 bits per heavy atom. The van der Waals surface area contributed by atoms with Crippen LogP contribution in [0.4, 0.5) is 5.69 Å². The van der Waals surface area contributed by atoms with E-state index < -0.39 is 0 Å². The molecule has 0 radical (unpaired) electrons. The third kappa shape index (κ3) is 3.68. The first-order chi connectivity index (χ1) is 12.1. The SMILES string of the molecule is Cc1cccc(C)c1OCc1c(C(=O)Nc2ccncc2)noc1C. The van der Waals surface area contributed by atoms with Crippen LogP contribution < -0.4 is 10.1 Å². The molecular weight excluding hydrogens is 318 g/mol. The van der Waals surface area contributed by atoms with Gasteiger partial charge in [0.2, 0.25) is 0 Å². The second kappa shape index (κ2) is 7.17. The standard InChI is InChI=1S/C19H19N3O3/c1-12-5-4-6-13(2)18(12)24-11-16-14(3)25-22-17(16)19(23)21-15-7-9-20-10-8-15/h4-10H,11H2,1-3H3,(H,20,21,23). The van der Waals surface area contributed by atoms with Crippen LogP contribution in [0, 0.1) is 20.8 Å². The van der Waals surface area contributed by atoms with Gasteiger partial charge in [0.15, 0.2) is 5.69 Å². The van der Waals surface area contributed by atoms with Crippen molar-refractivity contribution in [2.24, 2.45) is 0 Å². The first-order valence-electron chi connectivity index (χ1n) is 7.92. The van der Waals surface area contributed by atoms with Crippen LogP contribution in [0.3, 0.4) is 0 Å². The normalized spacial score (nSPS) is 10.5. The van der Waals surface area contributed by atoms with Gasteiger partial charge in [0.05, 0.1) is 5.56 Å². The van der Waals surface area contributed by atoms with E-state index in [1.807, 2.05) is 32.0 Å². The zero-order valence-electron chi connectivity index (χ0n) is 14.4. The monoisotopic (exact) mass is 337 g/mol. The molecule has 0 saturated heterocycles. The summed E-state index contributed by atoms with van der Waals surface area (Å²) >= 11 is 0. The summed E-state index contributed by atoms with van der Waals surface area (Å²) in [6, 6.07) is 9.37. The number of carbonyl (C=O) groups excluding carboxylic acids is 1. The number of ether oxygens (including phenoxy) is 1. The Labute approximate surface area is 145 Å². The lowest BCUT2D eigenvalue weighted by Crippen LogP contribution is -2.15. The van der Waals surface area contributed by atoms with Crippen molar-refractivity contribution in [1.29, 1.82) is 0 Å². The van der Waals surface area contributed by atoms with Gasteiger partial charge >= 0.3 is 0 Å². The second-order valence-corrected chi connectivity index (χ2v) is 5.77. The molecule has 0 fully saturated rings. The minimum Gasteiger partial charge on any atom is -0.488 e. The van der Waals surface area contributed by atoms with Crippen molar-refractivity contribution < 1.29 is 14.1 Å². The van der Waals surface area contributed by atoms with Crippen molar-refractivity contribution in [1.82, 2.24) is 10.1 Å². The average molecular weight is 337 g/mol. The fourth-order valence-corrected chi connectivity index (χ4v) is 2.54. The van der Waals surface area contributed by atoms with Crippen molar-refractivity contribution in [3.63, 3.8) is 0 Å². The van der Waals surface area contributed by atoms with Crippen LogP contribution in [0.5, 0.6) is 5.75 Å². The van der Waals surface area contributed by atoms with E-state index in [0.29, 0.717) is 17.0 Å². The van der Waals surface area contributed by atoms with Gasteiger partial charge in [-0.05, 0) is 44.0 Å². The van der Waals surface area contributed by atoms with E-state index in [0.717, 1.165) is 16.9 Å². The van der Waals surface area contributed by atoms with Crippen LogP contribution in [0.25, 0.3) is 0 Å². The third-order valence-electron chi connectivity index (χ3n) is 3.91. The summed E-state index contributed by atoms with van der Waals surface area (Å²) < 4.78 is 11.1. The smallest absolute Gasteiger partial charge is 0.278 e. The molecule has 0 aliphatic rings. The van der Waals surface area contributed by atoms with Crippen LogP contribution in [0.2, 0.25) is 0 Å². The third-order valence-corrected chi connectivity index (χ3v) is 3.91. The number of hydrogen-bond donors (Lipinski definition) is 1. The number of rotatable bonds is 5. The molecular formula is C19H19N3O3. The maximum atomic E-state index is 12.5. The Hall–Kier alpha value is -3.15. The molecule has 0 bridgehead atoms. The summed E-state index contributed by atoms with van der Waals surface area (Å²) in [5.41, 5.74) is 3.57. The van der Waals surface area contributed by atoms with Gasteiger partial charge in [0.1, 0.15) is 18.1 Å². The summed E-state index contributed by atoms with van der Waals surface area (Å²) in [5, 5.41) is 6.66. The molecule has 6 nitrogen and oxygen atoms in total. The lowest BCUT2D eigenvalue weighted by atomic mass is 10.1. The molecule has 6 heteroatoms. The largest absolute Gasteiger partial charge is 0.488 e. The number of aryl methyl sites for hydroxylation is 3. The van der Waals surface area contributed by atoms with Gasteiger partial charge in [-0.25, -0.2) is 0 Å². The highest BCUT2D eigenvalue weighted by molar-refractivity contribution is 6.03. The highest BCUT2D eigenvalue weighted by atomic mass is 16.5. The van der Waals surface area contributed by atoms with Crippen molar-refractivity contribution in [2.45, 2.75) is 27.4 Å². The summed E-state index contributed by atoms with van der Waals surface area (Å²) in [6.45, 7) is 5.94. The molecule has 0 aliphatic heterocycles. The number of benzene rings is 1. The van der Waals surface area contributed by atoms with Gasteiger partial charge in [0.25, 0.3) is 5.91 Å². The molecule has 3 rings (SSSR count). The molecule has 2 aromatic heterocycles. The number of hydrogen-bond acceptors (Lipinski definition) is 5. The summed E-state index contributed by atoms with van der Waals surface area (Å²) in [6.07, 6.45) is 3.21. The molecule has 0 spiro atoms. The fourth-order valence-electron chi connectivity index (χ4n) is 2.54. The lowest BCUT2D eigenvalue weighted by Gasteiger charge is -2.12. The number of nitrogens with one attached hydrogen (secondary N) is 1. The molecule has 0 saturated carbocycles. The number of anilines is 1. The van der Waals surface area contributed by atoms with E-state index in [1.54, 1.807) is 31.5 Å². The maximum absolute atomic E-state index is 12.5. The topological polar surface area (TPSA) is 77.2 Å². The Morgan fingerprint density at radius 3 is 2.48 bits per heavy atom. The van der Waals surface area contributed by atoms with Gasteiger partial charge in [0, 0.05) is 18.1 Å². The van der Waals surface area contributed by atoms with Gasteiger partial charge < -0.3 is 14.6 Å². The van der Waals surface area contributed by atoms with Crippen LogP contribution in [0.15, 0.2) is 47.2 Å². The van der Waals surface area contributed by atoms with Crippen molar-refractivity contribution in [2.75, 3.05) is 5.32 Å². The van der Waals surface area contributed by atoms with E-state index in [2.05, 4.69) is 15.5 Å². The first kappa shape index (κ1) is 16.7. The molecule has 0 unspecified atom stereocenters. The molecule has 128 valence electrons. The number of amides is 1. The van der Waals surface area contributed by atoms with Gasteiger partial charge in [-0.15, -0.1) is 0 Å². The van der Waals surface area contributed by atoms with Crippen molar-refractivity contribution in [3.8, 4) is 5.75 Å². The van der Waals surface area contributed by atoms with Crippen molar-refractivity contribution >= 4 is 11.6 Å². The maximum Gasteiger partial charge on any atom is 0.278 e. The quantitative estimate of drug-likeness (QED) is 0.766. The minimum absolute atomic E-state index is 0.208. The van der Waals surface area contributed by atoms with Crippen molar-refractivity contribution in [3.05, 3.63) is 70.9 Å². The molecule has 1 aromatic carbocycles. The number of para-hydroxylation sites is 1. The van der Waals surface area contributed by atoms with Crippen LogP contribution >= 0.6 is 0 Å². The van der Waals surface area contributed by atoms with Crippen LogP contribution in [0.1, 0.15) is 32.9 Å². The van der Waals surface area contributed by atoms with E-state index >= 15 is 0 Å². The van der Waals surface area contributed by atoms with Gasteiger partial charge in [-0.1, -0.05) is 23.4 Å². The van der Waals surface area contributed by atoms with Crippen LogP contribution in [-0.4, -0.2) is 16.0 Å². The lowest BCUT2D eigenvalue weighted by molar-refractivity contribution is 0.101. The molecule has 2 heterocycles. The highest BCUT2D eigenvalue weighted by Gasteiger charge is 2.21. The fraction of sp³-hybridized carbons (Fsp3) is 0.211. The second-order valence-electron chi connectivity index (χ2n) is 5.77. The number of aromatic nitrogens is 2. The Bertz CT molecular complexity index is 868. The number of carbonyl (C=O) groups is 1. The zero-order chi connectivity index (χ0) is 17.8. The van der Waals surface area contributed by atoms with E-state index in [1.165, 1.54) is 0 Å². The predicted octanol–water partition coefficient (Wildman–Crippen LogP) is 3.83. The molecule has 1 N–H and O–H groups in total. The summed E-state index contributed by atoms with van der Waals surface area (Å²) in [7, 11) is 0. The number of pyridine rings is 1. The highest BCUT2D eigenvalue weighted by Crippen LogP contribution is 2.25. The Balaban J connectivity index is 1.79. The minimum atomic E-state index is -0.344. The van der Waals surface area contributed by atoms with E-state index in [-0.39, 0.29) is 18.2 Å². The first-order valence-corrected chi connectivity index (χ1v) is 7.92. The van der Waals surface area contributed by atoms with E-state index in [4.69, 9.17) is 9.26 Å². The molecule has 25 heavy (non-hydrogen) atoms.